The van der Waals surface area contributed by atoms with Gasteiger partial charge < -0.3 is 4.57 Å². The highest BCUT2D eigenvalue weighted by Crippen LogP contribution is 2.21. The Kier molecular flexibility index (Phi) is 5.68. The van der Waals surface area contributed by atoms with Crippen LogP contribution in [-0.2, 0) is 11.8 Å². The minimum Gasteiger partial charge on any atom is -0.345 e. The van der Waals surface area contributed by atoms with Gasteiger partial charge in [-0.05, 0) is 40.5 Å². The highest BCUT2D eigenvalue weighted by molar-refractivity contribution is 9.10. The molecule has 1 aromatic heterocycles. The van der Waals surface area contributed by atoms with Crippen LogP contribution in [0.5, 0.6) is 0 Å². The first-order valence-electron chi connectivity index (χ1n) is 6.57. The lowest BCUT2D eigenvalue weighted by atomic mass is 10.2. The summed E-state index contributed by atoms with van der Waals surface area (Å²) in [6.07, 6.45) is 1.77. The Morgan fingerprint density at radius 1 is 1.27 bits per heavy atom. The molecule has 0 radical (unpaired) electrons. The second-order valence-electron chi connectivity index (χ2n) is 4.71. The van der Waals surface area contributed by atoms with Crippen molar-refractivity contribution in [2.75, 3.05) is 5.75 Å². The fourth-order valence-corrected chi connectivity index (χ4v) is 3.19. The van der Waals surface area contributed by atoms with Crippen LogP contribution in [0.2, 0.25) is 0 Å². The lowest BCUT2D eigenvalue weighted by Gasteiger charge is -2.08. The summed E-state index contributed by atoms with van der Waals surface area (Å²) in [6.45, 7) is 2.00. The zero-order chi connectivity index (χ0) is 16.1. The van der Waals surface area contributed by atoms with Crippen molar-refractivity contribution in [3.63, 3.8) is 0 Å². The number of aromatic nitrogens is 1. The van der Waals surface area contributed by atoms with Crippen LogP contribution in [0, 0.1) is 6.92 Å². The Balaban J connectivity index is 1.82. The molecule has 2 N–H and O–H groups in total. The fourth-order valence-electron chi connectivity index (χ4n) is 1.84. The molecule has 0 atom stereocenters. The summed E-state index contributed by atoms with van der Waals surface area (Å²) < 4.78 is 2.48. The van der Waals surface area contributed by atoms with Crippen molar-refractivity contribution >= 4 is 39.5 Å². The van der Waals surface area contributed by atoms with E-state index in [0.29, 0.717) is 5.69 Å². The molecule has 7 heteroatoms. The van der Waals surface area contributed by atoms with Gasteiger partial charge >= 0.3 is 0 Å². The Morgan fingerprint density at radius 3 is 2.64 bits per heavy atom. The number of hydrogen-bond acceptors (Lipinski definition) is 3. The molecular formula is C15H16BrN3O2S. The van der Waals surface area contributed by atoms with E-state index in [1.807, 2.05) is 31.2 Å². The van der Waals surface area contributed by atoms with Crippen molar-refractivity contribution in [3.8, 4) is 0 Å². The summed E-state index contributed by atoms with van der Waals surface area (Å²) in [5.74, 6) is -0.376. The smallest absolute Gasteiger partial charge is 0.286 e. The van der Waals surface area contributed by atoms with E-state index in [1.54, 1.807) is 23.9 Å². The monoisotopic (exact) mass is 381 g/mol. The number of carbonyl (C=O) groups excluding carboxylic acids is 2. The van der Waals surface area contributed by atoms with Gasteiger partial charge in [0.25, 0.3) is 5.91 Å². The zero-order valence-corrected chi connectivity index (χ0v) is 14.6. The molecule has 1 aromatic carbocycles. The molecule has 0 unspecified atom stereocenters. The Bertz CT molecular complexity index is 700. The van der Waals surface area contributed by atoms with Gasteiger partial charge in [0.05, 0.1) is 5.75 Å². The number of hydrogen-bond donors (Lipinski definition) is 2. The topological polar surface area (TPSA) is 63.1 Å². The van der Waals surface area contributed by atoms with E-state index < -0.39 is 0 Å². The number of thioether (sulfide) groups is 1. The number of amides is 2. The van der Waals surface area contributed by atoms with Crippen LogP contribution in [-0.4, -0.2) is 22.1 Å². The molecule has 0 saturated heterocycles. The Hall–Kier alpha value is -1.73. The van der Waals surface area contributed by atoms with E-state index in [-0.39, 0.29) is 17.6 Å². The standard InChI is InChI=1S/C15H16BrN3O2S/c1-10-5-3-4-6-13(10)22-9-14(20)17-18-15(21)12-7-11(16)8-19(12)2/h3-8H,9H2,1-2H3,(H,17,20)(H,18,21). The first kappa shape index (κ1) is 16.6. The fraction of sp³-hybridized carbons (Fsp3) is 0.200. The molecule has 0 saturated carbocycles. The number of carbonyl (C=O) groups is 2. The number of rotatable bonds is 4. The molecular weight excluding hydrogens is 366 g/mol. The SMILES string of the molecule is Cc1ccccc1SCC(=O)NNC(=O)c1cc(Br)cn1C. The predicted molar refractivity (Wildman–Crippen MR) is 90.6 cm³/mol. The third kappa shape index (κ3) is 4.38. The summed E-state index contributed by atoms with van der Waals surface area (Å²) in [6, 6.07) is 9.53. The average molecular weight is 382 g/mol. The molecule has 5 nitrogen and oxygen atoms in total. The second-order valence-corrected chi connectivity index (χ2v) is 6.64. The van der Waals surface area contributed by atoms with Gasteiger partial charge in [-0.25, -0.2) is 0 Å². The molecule has 22 heavy (non-hydrogen) atoms. The van der Waals surface area contributed by atoms with Crippen LogP contribution in [0.4, 0.5) is 0 Å². The minimum atomic E-state index is -0.359. The summed E-state index contributed by atoms with van der Waals surface area (Å²) in [5, 5.41) is 0. The van der Waals surface area contributed by atoms with E-state index in [0.717, 1.165) is 14.9 Å². The van der Waals surface area contributed by atoms with Crippen molar-refractivity contribution in [3.05, 3.63) is 52.3 Å². The molecule has 0 bridgehead atoms. The van der Waals surface area contributed by atoms with Crippen molar-refractivity contribution in [1.29, 1.82) is 0 Å². The molecule has 2 amide bonds. The van der Waals surface area contributed by atoms with Crippen LogP contribution >= 0.6 is 27.7 Å². The molecule has 0 aliphatic carbocycles. The number of aryl methyl sites for hydroxylation is 2. The van der Waals surface area contributed by atoms with Crippen LogP contribution < -0.4 is 10.9 Å². The van der Waals surface area contributed by atoms with Crippen molar-refractivity contribution in [1.82, 2.24) is 15.4 Å². The molecule has 0 aliphatic heterocycles. The van der Waals surface area contributed by atoms with Crippen molar-refractivity contribution in [2.24, 2.45) is 7.05 Å². The zero-order valence-electron chi connectivity index (χ0n) is 12.2. The first-order chi connectivity index (χ1) is 10.5. The number of nitrogens with zero attached hydrogens (tertiary/aromatic N) is 1. The van der Waals surface area contributed by atoms with Gasteiger partial charge in [0.15, 0.2) is 0 Å². The average Bonchev–Trinajstić information content (AvgIpc) is 2.82. The van der Waals surface area contributed by atoms with Crippen LogP contribution in [0.3, 0.4) is 0 Å². The Morgan fingerprint density at radius 2 is 2.00 bits per heavy atom. The third-order valence-corrected chi connectivity index (χ3v) is 4.58. The molecule has 0 spiro atoms. The van der Waals surface area contributed by atoms with Crippen LogP contribution in [0.25, 0.3) is 0 Å². The van der Waals surface area contributed by atoms with Gasteiger partial charge in [-0.1, -0.05) is 18.2 Å². The molecule has 0 aliphatic rings. The summed E-state index contributed by atoms with van der Waals surface area (Å²) in [4.78, 5) is 24.8. The van der Waals surface area contributed by atoms with Crippen molar-refractivity contribution < 1.29 is 9.59 Å². The molecule has 0 fully saturated rings. The highest BCUT2D eigenvalue weighted by atomic mass is 79.9. The van der Waals surface area contributed by atoms with Gasteiger partial charge in [-0.15, -0.1) is 11.8 Å². The van der Waals surface area contributed by atoms with Crippen LogP contribution in [0.1, 0.15) is 16.1 Å². The van der Waals surface area contributed by atoms with Gasteiger partial charge in [0.1, 0.15) is 5.69 Å². The highest BCUT2D eigenvalue weighted by Gasteiger charge is 2.12. The van der Waals surface area contributed by atoms with Gasteiger partial charge in [0.2, 0.25) is 5.91 Å². The summed E-state index contributed by atoms with van der Waals surface area (Å²) >= 11 is 4.73. The number of benzene rings is 1. The maximum atomic E-state index is 11.9. The number of nitrogens with one attached hydrogen (secondary N) is 2. The lowest BCUT2D eigenvalue weighted by Crippen LogP contribution is -2.43. The maximum Gasteiger partial charge on any atom is 0.286 e. The quantitative estimate of drug-likeness (QED) is 0.631. The normalized spacial score (nSPS) is 10.3. The van der Waals surface area contributed by atoms with E-state index in [1.165, 1.54) is 11.8 Å². The van der Waals surface area contributed by atoms with Crippen LogP contribution in [0.15, 0.2) is 45.9 Å². The van der Waals surface area contributed by atoms with E-state index >= 15 is 0 Å². The van der Waals surface area contributed by atoms with E-state index in [4.69, 9.17) is 0 Å². The molecule has 2 aromatic rings. The van der Waals surface area contributed by atoms with Crippen molar-refractivity contribution in [2.45, 2.75) is 11.8 Å². The first-order valence-corrected chi connectivity index (χ1v) is 8.34. The predicted octanol–water partition coefficient (Wildman–Crippen LogP) is 2.65. The Labute approximate surface area is 141 Å². The maximum absolute atomic E-state index is 11.9. The number of halogens is 1. The molecule has 2 rings (SSSR count). The number of hydrazine groups is 1. The van der Waals surface area contributed by atoms with E-state index in [9.17, 15) is 9.59 Å². The molecule has 1 heterocycles. The second kappa shape index (κ2) is 7.51. The molecule has 116 valence electrons. The third-order valence-electron chi connectivity index (χ3n) is 2.97. The summed E-state index contributed by atoms with van der Waals surface area (Å²) in [5.41, 5.74) is 6.41. The lowest BCUT2D eigenvalue weighted by molar-refractivity contribution is -0.119. The summed E-state index contributed by atoms with van der Waals surface area (Å²) in [7, 11) is 1.76. The largest absolute Gasteiger partial charge is 0.345 e. The van der Waals surface area contributed by atoms with Gasteiger partial charge in [0, 0.05) is 22.6 Å². The van der Waals surface area contributed by atoms with Gasteiger partial charge in [-0.2, -0.15) is 0 Å². The van der Waals surface area contributed by atoms with Gasteiger partial charge in [-0.3, -0.25) is 20.4 Å². The van der Waals surface area contributed by atoms with E-state index in [2.05, 4.69) is 26.8 Å². The minimum absolute atomic E-state index is 0.238.